The van der Waals surface area contributed by atoms with Gasteiger partial charge in [-0.05, 0) is 55.9 Å². The van der Waals surface area contributed by atoms with Crippen LogP contribution in [0.5, 0.6) is 0 Å². The van der Waals surface area contributed by atoms with Gasteiger partial charge < -0.3 is 10.0 Å². The van der Waals surface area contributed by atoms with Crippen LogP contribution in [0.2, 0.25) is 0 Å². The van der Waals surface area contributed by atoms with Crippen molar-refractivity contribution in [3.8, 4) is 0 Å². The van der Waals surface area contributed by atoms with Crippen LogP contribution in [0.3, 0.4) is 0 Å². The van der Waals surface area contributed by atoms with Crippen LogP contribution in [-0.2, 0) is 10.0 Å². The molecule has 1 saturated heterocycles. The van der Waals surface area contributed by atoms with Crippen LogP contribution in [0.15, 0.2) is 17.0 Å². The molecule has 1 saturated carbocycles. The maximum Gasteiger partial charge on any atom is 0.335 e. The molecule has 2 fully saturated rings. The zero-order valence-corrected chi connectivity index (χ0v) is 15.0. The lowest BCUT2D eigenvalue weighted by Gasteiger charge is -2.34. The highest BCUT2D eigenvalue weighted by atomic mass is 32.2. The first-order chi connectivity index (χ1) is 11.3. The molecule has 0 spiro atoms. The number of carboxylic acid groups (broad SMARTS) is 1. The minimum absolute atomic E-state index is 0.0176. The summed E-state index contributed by atoms with van der Waals surface area (Å²) < 4.78 is 27.5. The summed E-state index contributed by atoms with van der Waals surface area (Å²) in [6.45, 7) is 6.96. The van der Waals surface area contributed by atoms with Gasteiger partial charge in [0.15, 0.2) is 0 Å². The molecule has 7 heteroatoms. The van der Waals surface area contributed by atoms with Gasteiger partial charge in [0.1, 0.15) is 0 Å². The zero-order chi connectivity index (χ0) is 17.5. The van der Waals surface area contributed by atoms with E-state index in [0.29, 0.717) is 24.2 Å². The lowest BCUT2D eigenvalue weighted by atomic mass is 10.1. The predicted octanol–water partition coefficient (Wildman–Crippen LogP) is 1.72. The number of benzene rings is 1. The second-order valence-electron chi connectivity index (χ2n) is 6.87. The van der Waals surface area contributed by atoms with Gasteiger partial charge >= 0.3 is 5.97 Å². The molecule has 0 aromatic heterocycles. The van der Waals surface area contributed by atoms with Gasteiger partial charge in [0, 0.05) is 32.7 Å². The third-order valence-corrected chi connectivity index (χ3v) is 7.05. The number of nitrogens with zero attached hydrogens (tertiary/aromatic N) is 2. The van der Waals surface area contributed by atoms with Gasteiger partial charge in [-0.1, -0.05) is 0 Å². The van der Waals surface area contributed by atoms with E-state index in [9.17, 15) is 18.3 Å². The van der Waals surface area contributed by atoms with Gasteiger partial charge in [-0.3, -0.25) is 0 Å². The van der Waals surface area contributed by atoms with Gasteiger partial charge in [0.25, 0.3) is 0 Å². The molecular weight excluding hydrogens is 328 g/mol. The number of hydrogen-bond acceptors (Lipinski definition) is 4. The molecule has 2 aliphatic rings. The number of carbonyl (C=O) groups is 1. The molecule has 1 aliphatic heterocycles. The lowest BCUT2D eigenvalue weighted by Crippen LogP contribution is -2.49. The van der Waals surface area contributed by atoms with Crippen molar-refractivity contribution in [2.75, 3.05) is 32.7 Å². The van der Waals surface area contributed by atoms with Gasteiger partial charge in [-0.15, -0.1) is 0 Å². The first-order valence-electron chi connectivity index (χ1n) is 8.36. The lowest BCUT2D eigenvalue weighted by molar-refractivity contribution is 0.0696. The van der Waals surface area contributed by atoms with Crippen LogP contribution < -0.4 is 0 Å². The Labute approximate surface area is 143 Å². The summed E-state index contributed by atoms with van der Waals surface area (Å²) in [5.74, 6) is -0.311. The highest BCUT2D eigenvalue weighted by Crippen LogP contribution is 2.30. The van der Waals surface area contributed by atoms with E-state index in [1.807, 2.05) is 0 Å². The standard InChI is InChI=1S/C17H24N2O4S/c1-12-9-15(17(20)21)10-16(13(12)2)24(22,23)19-7-5-18(6-8-19)11-14-3-4-14/h9-10,14H,3-8,11H2,1-2H3,(H,20,21). The van der Waals surface area contributed by atoms with Crippen LogP contribution in [0.1, 0.15) is 34.3 Å². The summed E-state index contributed by atoms with van der Waals surface area (Å²) >= 11 is 0. The Morgan fingerprint density at radius 1 is 1.17 bits per heavy atom. The van der Waals surface area contributed by atoms with E-state index in [2.05, 4.69) is 4.90 Å². The molecule has 6 nitrogen and oxygen atoms in total. The van der Waals surface area contributed by atoms with Crippen LogP contribution in [0.4, 0.5) is 0 Å². The van der Waals surface area contributed by atoms with E-state index in [-0.39, 0.29) is 10.5 Å². The first kappa shape index (κ1) is 17.4. The normalized spacial score (nSPS) is 20.2. The van der Waals surface area contributed by atoms with E-state index >= 15 is 0 Å². The second kappa shape index (κ2) is 6.46. The van der Waals surface area contributed by atoms with E-state index in [1.54, 1.807) is 13.8 Å². The average molecular weight is 352 g/mol. The summed E-state index contributed by atoms with van der Waals surface area (Å²) in [4.78, 5) is 13.7. The van der Waals surface area contributed by atoms with Crippen LogP contribution >= 0.6 is 0 Å². The molecule has 1 aromatic rings. The molecule has 132 valence electrons. The van der Waals surface area contributed by atoms with Crippen molar-refractivity contribution >= 4 is 16.0 Å². The Kier molecular flexibility index (Phi) is 4.68. The van der Waals surface area contributed by atoms with E-state index in [0.717, 1.165) is 25.6 Å². The van der Waals surface area contributed by atoms with Crippen molar-refractivity contribution < 1.29 is 18.3 Å². The summed E-state index contributed by atoms with van der Waals surface area (Å²) in [5.41, 5.74) is 1.32. The zero-order valence-electron chi connectivity index (χ0n) is 14.2. The number of piperazine rings is 1. The molecule has 0 radical (unpaired) electrons. The van der Waals surface area contributed by atoms with Gasteiger partial charge in [0.2, 0.25) is 10.0 Å². The van der Waals surface area contributed by atoms with E-state index in [4.69, 9.17) is 0 Å². The summed E-state index contributed by atoms with van der Waals surface area (Å²) in [6.07, 6.45) is 2.58. The largest absolute Gasteiger partial charge is 0.478 e. The number of hydrogen-bond donors (Lipinski definition) is 1. The third-order valence-electron chi connectivity index (χ3n) is 5.03. The Hall–Kier alpha value is -1.44. The van der Waals surface area contributed by atoms with E-state index in [1.165, 1.54) is 29.3 Å². The van der Waals surface area contributed by atoms with Crippen LogP contribution in [0, 0.1) is 19.8 Å². The third kappa shape index (κ3) is 3.48. The molecule has 1 N–H and O–H groups in total. The fraction of sp³-hybridized carbons (Fsp3) is 0.588. The topological polar surface area (TPSA) is 77.9 Å². The Bertz CT molecular complexity index is 748. The van der Waals surface area contributed by atoms with Crippen LogP contribution in [0.25, 0.3) is 0 Å². The molecule has 1 aliphatic carbocycles. The van der Waals surface area contributed by atoms with Gasteiger partial charge in [-0.2, -0.15) is 4.31 Å². The molecule has 1 heterocycles. The highest BCUT2D eigenvalue weighted by molar-refractivity contribution is 7.89. The fourth-order valence-corrected chi connectivity index (χ4v) is 4.92. The molecule has 0 unspecified atom stereocenters. The second-order valence-corrected chi connectivity index (χ2v) is 8.78. The average Bonchev–Trinajstić information content (AvgIpc) is 3.34. The maximum absolute atomic E-state index is 13.0. The summed E-state index contributed by atoms with van der Waals surface area (Å²) in [5, 5.41) is 9.21. The van der Waals surface area contributed by atoms with Crippen molar-refractivity contribution in [3.63, 3.8) is 0 Å². The van der Waals surface area contributed by atoms with Crippen molar-refractivity contribution in [2.45, 2.75) is 31.6 Å². The Balaban J connectivity index is 1.81. The molecule has 0 atom stereocenters. The van der Waals surface area contributed by atoms with Gasteiger partial charge in [0.05, 0.1) is 10.5 Å². The monoisotopic (exact) mass is 352 g/mol. The number of aromatic carboxylic acids is 1. The Morgan fingerprint density at radius 2 is 1.79 bits per heavy atom. The summed E-state index contributed by atoms with van der Waals surface area (Å²) in [6, 6.07) is 2.81. The van der Waals surface area contributed by atoms with Crippen molar-refractivity contribution in [1.29, 1.82) is 0 Å². The van der Waals surface area contributed by atoms with Crippen LogP contribution in [-0.4, -0.2) is 61.4 Å². The molecule has 1 aromatic carbocycles. The Morgan fingerprint density at radius 3 is 2.33 bits per heavy atom. The van der Waals surface area contributed by atoms with Crippen molar-refractivity contribution in [1.82, 2.24) is 9.21 Å². The molecule has 3 rings (SSSR count). The summed E-state index contributed by atoms with van der Waals surface area (Å²) in [7, 11) is -3.66. The molecule has 0 bridgehead atoms. The van der Waals surface area contributed by atoms with Crippen molar-refractivity contribution in [2.24, 2.45) is 5.92 Å². The smallest absolute Gasteiger partial charge is 0.335 e. The first-order valence-corrected chi connectivity index (χ1v) is 9.80. The molecule has 0 amide bonds. The highest BCUT2D eigenvalue weighted by Gasteiger charge is 2.32. The van der Waals surface area contributed by atoms with Crippen molar-refractivity contribution in [3.05, 3.63) is 28.8 Å². The quantitative estimate of drug-likeness (QED) is 0.873. The minimum Gasteiger partial charge on any atom is -0.478 e. The molecule has 24 heavy (non-hydrogen) atoms. The fourth-order valence-electron chi connectivity index (χ4n) is 3.18. The number of carboxylic acids is 1. The number of sulfonamides is 1. The van der Waals surface area contributed by atoms with E-state index < -0.39 is 16.0 Å². The molecular formula is C17H24N2O4S. The van der Waals surface area contributed by atoms with Gasteiger partial charge in [-0.25, -0.2) is 13.2 Å². The maximum atomic E-state index is 13.0. The SMILES string of the molecule is Cc1cc(C(=O)O)cc(S(=O)(=O)N2CCN(CC3CC3)CC2)c1C. The minimum atomic E-state index is -3.66. The number of aryl methyl sites for hydroxylation is 1. The number of rotatable bonds is 5. The predicted molar refractivity (Wildman–Crippen MR) is 90.8 cm³/mol.